The van der Waals surface area contributed by atoms with Crippen molar-refractivity contribution < 1.29 is 23.1 Å². The summed E-state index contributed by atoms with van der Waals surface area (Å²) in [6.45, 7) is 1.09. The van der Waals surface area contributed by atoms with Crippen molar-refractivity contribution in [2.24, 2.45) is 0 Å². The fraction of sp³-hybridized carbons (Fsp3) is 0.154. The normalized spacial score (nSPS) is 12.8. The third kappa shape index (κ3) is 4.54. The molecule has 0 aliphatic carbocycles. The van der Waals surface area contributed by atoms with Crippen LogP contribution in [0.25, 0.3) is 28.3 Å². The van der Waals surface area contributed by atoms with Gasteiger partial charge >= 0.3 is 6.09 Å². The zero-order valence-corrected chi connectivity index (χ0v) is 20.5. The lowest BCUT2D eigenvalue weighted by Crippen LogP contribution is -2.38. The van der Waals surface area contributed by atoms with Crippen molar-refractivity contribution in [2.45, 2.75) is 13.1 Å². The highest BCUT2D eigenvalue weighted by molar-refractivity contribution is 6.03. The van der Waals surface area contributed by atoms with E-state index in [1.165, 1.54) is 36.0 Å². The van der Waals surface area contributed by atoms with Gasteiger partial charge in [0, 0.05) is 36.5 Å². The number of nitrogens with one attached hydrogen (secondary N) is 1. The highest BCUT2D eigenvalue weighted by atomic mass is 19.1. The number of halogens is 2. The van der Waals surface area contributed by atoms with Crippen LogP contribution in [0, 0.1) is 11.8 Å². The summed E-state index contributed by atoms with van der Waals surface area (Å²) in [5.74, 6) is -0.822. The van der Waals surface area contributed by atoms with Crippen LogP contribution in [0.5, 0.6) is 0 Å². The first-order valence-corrected chi connectivity index (χ1v) is 11.9. The minimum atomic E-state index is -0.764. The summed E-state index contributed by atoms with van der Waals surface area (Å²) in [6.07, 6.45) is 2.30. The summed E-state index contributed by atoms with van der Waals surface area (Å²) in [5, 5.41) is 7.34. The van der Waals surface area contributed by atoms with Crippen LogP contribution in [0.3, 0.4) is 0 Å². The quantitative estimate of drug-likeness (QED) is 0.351. The van der Waals surface area contributed by atoms with Gasteiger partial charge in [0.25, 0.3) is 5.91 Å². The van der Waals surface area contributed by atoms with Gasteiger partial charge in [0.05, 0.1) is 31.2 Å². The van der Waals surface area contributed by atoms with Gasteiger partial charge in [-0.15, -0.1) is 0 Å². The molecule has 2 amide bonds. The number of imidazole rings is 2. The Morgan fingerprint density at radius 3 is 2.62 bits per heavy atom. The van der Waals surface area contributed by atoms with Crippen LogP contribution in [-0.2, 0) is 17.8 Å². The van der Waals surface area contributed by atoms with E-state index >= 15 is 0 Å². The van der Waals surface area contributed by atoms with Gasteiger partial charge < -0.3 is 14.6 Å². The number of pyridine rings is 1. The highest BCUT2D eigenvalue weighted by Gasteiger charge is 2.28. The first kappa shape index (κ1) is 24.2. The SMILES string of the molecule is COC(=O)N1CCn2c(nc(-c3ccc(F)cc3)c2-c2ccc3nc(NC(=O)c4ccnc(F)c4)cn3n2)C1. The molecule has 11 nitrogen and oxygen atoms in total. The Kier molecular flexibility index (Phi) is 5.94. The van der Waals surface area contributed by atoms with Gasteiger partial charge in [-0.3, -0.25) is 9.69 Å². The zero-order chi connectivity index (χ0) is 27.1. The molecule has 0 radical (unpaired) electrons. The van der Waals surface area contributed by atoms with Crippen molar-refractivity contribution in [2.75, 3.05) is 19.0 Å². The van der Waals surface area contributed by atoms with E-state index in [2.05, 4.69) is 15.3 Å². The number of ether oxygens (including phenoxy) is 1. The summed E-state index contributed by atoms with van der Waals surface area (Å²) < 4.78 is 35.4. The number of fused-ring (bicyclic) bond motifs is 2. The minimum absolute atomic E-state index is 0.101. The number of anilines is 1. The lowest BCUT2D eigenvalue weighted by Gasteiger charge is -2.27. The van der Waals surface area contributed by atoms with E-state index in [4.69, 9.17) is 14.8 Å². The first-order valence-electron chi connectivity index (χ1n) is 11.9. The Bertz CT molecular complexity index is 1730. The molecule has 1 N–H and O–H groups in total. The summed E-state index contributed by atoms with van der Waals surface area (Å²) in [7, 11) is 1.33. The van der Waals surface area contributed by atoms with E-state index in [9.17, 15) is 18.4 Å². The van der Waals surface area contributed by atoms with Crippen LogP contribution in [0.15, 0.2) is 60.9 Å². The predicted octanol–water partition coefficient (Wildman–Crippen LogP) is 3.77. The van der Waals surface area contributed by atoms with Gasteiger partial charge in [-0.05, 0) is 42.5 Å². The van der Waals surface area contributed by atoms with Gasteiger partial charge in [0.15, 0.2) is 11.5 Å². The lowest BCUT2D eigenvalue weighted by atomic mass is 10.1. The fourth-order valence-corrected chi connectivity index (χ4v) is 4.49. The molecular weight excluding hydrogens is 510 g/mol. The highest BCUT2D eigenvalue weighted by Crippen LogP contribution is 2.34. The molecule has 196 valence electrons. The maximum Gasteiger partial charge on any atom is 0.409 e. The summed E-state index contributed by atoms with van der Waals surface area (Å²) >= 11 is 0. The Balaban J connectivity index is 1.39. The molecule has 0 saturated carbocycles. The van der Waals surface area contributed by atoms with E-state index in [-0.39, 0.29) is 23.7 Å². The van der Waals surface area contributed by atoms with Gasteiger partial charge in [-0.2, -0.15) is 9.49 Å². The van der Waals surface area contributed by atoms with E-state index < -0.39 is 17.9 Å². The summed E-state index contributed by atoms with van der Waals surface area (Å²) in [4.78, 5) is 38.8. The van der Waals surface area contributed by atoms with Crippen molar-refractivity contribution >= 4 is 23.5 Å². The first-order chi connectivity index (χ1) is 18.9. The third-order valence-corrected chi connectivity index (χ3v) is 6.32. The average molecular weight is 530 g/mol. The molecule has 5 aromatic rings. The minimum Gasteiger partial charge on any atom is -0.453 e. The number of hydrogen-bond donors (Lipinski definition) is 1. The standard InChI is InChI=1S/C26H20F2N8O3/c1-39-26(38)34-10-11-35-22(14-34)32-23(15-2-4-17(27)5-3-15)24(35)18-6-7-21-30-20(13-36(21)33-18)31-25(37)16-8-9-29-19(28)12-16/h2-9,12-13H,10-11,14H2,1H3,(H,31,37). The zero-order valence-electron chi connectivity index (χ0n) is 20.5. The van der Waals surface area contributed by atoms with Crippen molar-refractivity contribution in [3.63, 3.8) is 0 Å². The van der Waals surface area contributed by atoms with E-state index in [0.717, 1.165) is 6.07 Å². The topological polar surface area (TPSA) is 120 Å². The number of amides is 2. The van der Waals surface area contributed by atoms with E-state index in [1.807, 2.05) is 4.57 Å². The predicted molar refractivity (Wildman–Crippen MR) is 135 cm³/mol. The maximum atomic E-state index is 13.7. The number of benzene rings is 1. The molecule has 5 heterocycles. The Hall–Kier alpha value is -5.20. The summed E-state index contributed by atoms with van der Waals surface area (Å²) in [5.41, 5.74) is 3.07. The fourth-order valence-electron chi connectivity index (χ4n) is 4.49. The molecule has 0 fully saturated rings. The van der Waals surface area contributed by atoms with Crippen LogP contribution in [-0.4, -0.2) is 59.7 Å². The molecule has 0 bridgehead atoms. The van der Waals surface area contributed by atoms with Crippen LogP contribution in [0.2, 0.25) is 0 Å². The van der Waals surface area contributed by atoms with Gasteiger partial charge in [-0.1, -0.05) is 0 Å². The largest absolute Gasteiger partial charge is 0.453 e. The van der Waals surface area contributed by atoms with Crippen molar-refractivity contribution in [3.8, 4) is 22.6 Å². The van der Waals surface area contributed by atoms with Crippen LogP contribution in [0.4, 0.5) is 19.4 Å². The van der Waals surface area contributed by atoms with Crippen LogP contribution >= 0.6 is 0 Å². The summed E-state index contributed by atoms with van der Waals surface area (Å²) in [6, 6.07) is 11.9. The Labute approximate surface area is 219 Å². The van der Waals surface area contributed by atoms with Crippen molar-refractivity contribution in [1.29, 1.82) is 0 Å². The number of methoxy groups -OCH3 is 1. The number of carbonyl (C=O) groups is 2. The second-order valence-corrected chi connectivity index (χ2v) is 8.74. The number of carbonyl (C=O) groups excluding carboxylic acids is 2. The van der Waals surface area contributed by atoms with Gasteiger partial charge in [0.2, 0.25) is 5.95 Å². The Morgan fingerprint density at radius 1 is 1.03 bits per heavy atom. The van der Waals surface area contributed by atoms with Gasteiger partial charge in [-0.25, -0.2) is 28.7 Å². The molecule has 6 rings (SSSR count). The smallest absolute Gasteiger partial charge is 0.409 e. The van der Waals surface area contributed by atoms with Crippen LogP contribution in [0.1, 0.15) is 16.2 Å². The molecule has 39 heavy (non-hydrogen) atoms. The Morgan fingerprint density at radius 2 is 1.85 bits per heavy atom. The number of nitrogens with zero attached hydrogens (tertiary/aromatic N) is 7. The van der Waals surface area contributed by atoms with Crippen molar-refractivity contribution in [3.05, 3.63) is 84.1 Å². The van der Waals surface area contributed by atoms with Gasteiger partial charge in [0.1, 0.15) is 17.3 Å². The molecule has 0 unspecified atom stereocenters. The van der Waals surface area contributed by atoms with Crippen LogP contribution < -0.4 is 5.32 Å². The molecule has 13 heteroatoms. The van der Waals surface area contributed by atoms with Crippen molar-refractivity contribution in [1.82, 2.24) is 34.0 Å². The number of hydrogen-bond acceptors (Lipinski definition) is 7. The second-order valence-electron chi connectivity index (χ2n) is 8.74. The molecule has 0 atom stereocenters. The average Bonchev–Trinajstić information content (AvgIpc) is 3.52. The number of rotatable bonds is 4. The lowest BCUT2D eigenvalue weighted by molar-refractivity contribution is 0.102. The number of aromatic nitrogens is 6. The maximum absolute atomic E-state index is 13.7. The second kappa shape index (κ2) is 9.59. The molecule has 0 saturated heterocycles. The molecule has 4 aromatic heterocycles. The monoisotopic (exact) mass is 530 g/mol. The molecule has 1 aromatic carbocycles. The molecule has 1 aliphatic rings. The molecule has 0 spiro atoms. The van der Waals surface area contributed by atoms with E-state index in [1.54, 1.807) is 35.4 Å². The third-order valence-electron chi connectivity index (χ3n) is 6.32. The molecular formula is C26H20F2N8O3. The van der Waals surface area contributed by atoms with E-state index in [0.29, 0.717) is 47.2 Å². The molecule has 1 aliphatic heterocycles.